The van der Waals surface area contributed by atoms with Crippen LogP contribution in [0.2, 0.25) is 0 Å². The number of rotatable bonds is 4. The first kappa shape index (κ1) is 16.9. The van der Waals surface area contributed by atoms with Crippen LogP contribution in [-0.4, -0.2) is 24.6 Å². The zero-order chi connectivity index (χ0) is 18.2. The molecule has 0 saturated carbocycles. The van der Waals surface area contributed by atoms with Gasteiger partial charge in [0.25, 0.3) is 5.69 Å². The van der Waals surface area contributed by atoms with Crippen molar-refractivity contribution in [3.05, 3.63) is 70.4 Å². The number of aryl methyl sites for hydroxylation is 1. The summed E-state index contributed by atoms with van der Waals surface area (Å²) in [5.41, 5.74) is 4.41. The molecule has 0 amide bonds. The summed E-state index contributed by atoms with van der Waals surface area (Å²) in [6.07, 6.45) is 1.17. The maximum absolute atomic E-state index is 11.6. The van der Waals surface area contributed by atoms with Gasteiger partial charge in [0.1, 0.15) is 0 Å². The van der Waals surface area contributed by atoms with Gasteiger partial charge in [0.05, 0.1) is 15.5 Å². The molecule has 0 fully saturated rings. The maximum atomic E-state index is 11.6. The highest BCUT2D eigenvalue weighted by atomic mass is 32.2. The summed E-state index contributed by atoms with van der Waals surface area (Å²) in [5, 5.41) is 10.8. The van der Waals surface area contributed by atoms with Gasteiger partial charge in [-0.1, -0.05) is 12.1 Å². The number of benzene rings is 2. The summed E-state index contributed by atoms with van der Waals surface area (Å²) in [4.78, 5) is 13.9. The molecule has 0 bridgehead atoms. The Morgan fingerprint density at radius 2 is 1.52 bits per heavy atom. The molecular weight excluding hydrogens is 340 g/mol. The Balaban J connectivity index is 2.05. The minimum atomic E-state index is -3.25. The third kappa shape index (κ3) is 3.46. The van der Waals surface area contributed by atoms with Gasteiger partial charge < -0.3 is 4.98 Å². The van der Waals surface area contributed by atoms with E-state index in [0.29, 0.717) is 0 Å². The molecule has 25 heavy (non-hydrogen) atoms. The van der Waals surface area contributed by atoms with Gasteiger partial charge in [-0.3, -0.25) is 10.1 Å². The van der Waals surface area contributed by atoms with Crippen LogP contribution in [0.3, 0.4) is 0 Å². The SMILES string of the molecule is Cc1cc(-c2ccc([N+](=O)[O-])cc2)c(-c2ccc(S(C)(=O)=O)cc2)[nH]1. The zero-order valence-corrected chi connectivity index (χ0v) is 14.5. The number of nitro benzene ring substituents is 1. The van der Waals surface area contributed by atoms with Gasteiger partial charge in [0, 0.05) is 29.6 Å². The normalized spacial score (nSPS) is 11.4. The third-order valence-electron chi connectivity index (χ3n) is 3.91. The molecule has 0 spiro atoms. The lowest BCUT2D eigenvalue weighted by Gasteiger charge is -2.06. The molecule has 0 saturated heterocycles. The van der Waals surface area contributed by atoms with E-state index in [1.165, 1.54) is 18.4 Å². The van der Waals surface area contributed by atoms with Gasteiger partial charge in [-0.25, -0.2) is 8.42 Å². The largest absolute Gasteiger partial charge is 0.358 e. The number of nitrogens with zero attached hydrogens (tertiary/aromatic N) is 1. The Labute approximate surface area is 145 Å². The Hall–Kier alpha value is -2.93. The first-order valence-electron chi connectivity index (χ1n) is 7.50. The summed E-state index contributed by atoms with van der Waals surface area (Å²) in [7, 11) is -3.25. The Kier molecular flexibility index (Phi) is 4.18. The number of non-ortho nitro benzene ring substituents is 1. The molecule has 3 rings (SSSR count). The van der Waals surface area contributed by atoms with Crippen LogP contribution < -0.4 is 0 Å². The summed E-state index contributed by atoms with van der Waals surface area (Å²) in [6.45, 7) is 1.92. The minimum Gasteiger partial charge on any atom is -0.358 e. The van der Waals surface area contributed by atoms with Gasteiger partial charge in [0.2, 0.25) is 0 Å². The molecule has 2 aromatic carbocycles. The standard InChI is InChI=1S/C18H16N2O4S/c1-12-11-17(13-3-7-15(8-4-13)20(21)22)18(19-12)14-5-9-16(10-6-14)25(2,23)24/h3-11,19H,1-2H3. The van der Waals surface area contributed by atoms with Crippen LogP contribution in [0.25, 0.3) is 22.4 Å². The van der Waals surface area contributed by atoms with E-state index >= 15 is 0 Å². The number of hydrogen-bond acceptors (Lipinski definition) is 4. The van der Waals surface area contributed by atoms with E-state index < -0.39 is 14.8 Å². The quantitative estimate of drug-likeness (QED) is 0.565. The van der Waals surface area contributed by atoms with Crippen molar-refractivity contribution in [2.75, 3.05) is 6.26 Å². The number of H-pyrrole nitrogens is 1. The average Bonchev–Trinajstić information content (AvgIpc) is 2.96. The fraction of sp³-hybridized carbons (Fsp3) is 0.111. The van der Waals surface area contributed by atoms with Crippen LogP contribution in [-0.2, 0) is 9.84 Å². The molecule has 7 heteroatoms. The summed E-state index contributed by atoms with van der Waals surface area (Å²) in [6, 6.07) is 14.9. The topological polar surface area (TPSA) is 93.1 Å². The number of nitrogens with one attached hydrogen (secondary N) is 1. The van der Waals surface area contributed by atoms with E-state index in [1.54, 1.807) is 36.4 Å². The van der Waals surface area contributed by atoms with Crippen molar-refractivity contribution < 1.29 is 13.3 Å². The Bertz CT molecular complexity index is 1030. The second-order valence-corrected chi connectivity index (χ2v) is 7.86. The summed E-state index contributed by atoms with van der Waals surface area (Å²) in [5.74, 6) is 0. The molecule has 0 atom stereocenters. The molecule has 128 valence electrons. The van der Waals surface area contributed by atoms with Crippen LogP contribution in [0.1, 0.15) is 5.69 Å². The highest BCUT2D eigenvalue weighted by Crippen LogP contribution is 2.33. The highest BCUT2D eigenvalue weighted by molar-refractivity contribution is 7.90. The van der Waals surface area contributed by atoms with Gasteiger partial charge >= 0.3 is 0 Å². The number of hydrogen-bond donors (Lipinski definition) is 1. The molecule has 6 nitrogen and oxygen atoms in total. The van der Waals surface area contributed by atoms with E-state index in [-0.39, 0.29) is 10.6 Å². The number of nitro groups is 1. The van der Waals surface area contributed by atoms with E-state index in [9.17, 15) is 18.5 Å². The fourth-order valence-electron chi connectivity index (χ4n) is 2.68. The molecule has 1 aromatic heterocycles. The Morgan fingerprint density at radius 1 is 0.960 bits per heavy atom. The van der Waals surface area contributed by atoms with Crippen LogP contribution in [0.5, 0.6) is 0 Å². The first-order chi connectivity index (χ1) is 11.8. The van der Waals surface area contributed by atoms with Crippen molar-refractivity contribution in [3.8, 4) is 22.4 Å². The summed E-state index contributed by atoms with van der Waals surface area (Å²) < 4.78 is 23.2. The monoisotopic (exact) mass is 356 g/mol. The third-order valence-corrected chi connectivity index (χ3v) is 5.04. The average molecular weight is 356 g/mol. The molecule has 0 aliphatic rings. The lowest BCUT2D eigenvalue weighted by molar-refractivity contribution is -0.384. The van der Waals surface area contributed by atoms with E-state index in [4.69, 9.17) is 0 Å². The Morgan fingerprint density at radius 3 is 2.04 bits per heavy atom. The zero-order valence-electron chi connectivity index (χ0n) is 13.7. The summed E-state index contributed by atoms with van der Waals surface area (Å²) >= 11 is 0. The maximum Gasteiger partial charge on any atom is 0.269 e. The molecule has 0 aliphatic carbocycles. The molecule has 0 radical (unpaired) electrons. The molecule has 0 unspecified atom stereocenters. The number of aromatic amines is 1. The van der Waals surface area contributed by atoms with E-state index in [2.05, 4.69) is 4.98 Å². The van der Waals surface area contributed by atoms with Crippen LogP contribution in [0.4, 0.5) is 5.69 Å². The van der Waals surface area contributed by atoms with Crippen molar-refractivity contribution >= 4 is 15.5 Å². The molecule has 3 aromatic rings. The second kappa shape index (κ2) is 6.18. The van der Waals surface area contributed by atoms with E-state index in [0.717, 1.165) is 28.1 Å². The van der Waals surface area contributed by atoms with Crippen molar-refractivity contribution in [2.24, 2.45) is 0 Å². The lowest BCUT2D eigenvalue weighted by Crippen LogP contribution is -1.96. The molecule has 1 heterocycles. The van der Waals surface area contributed by atoms with Gasteiger partial charge in [-0.05, 0) is 48.4 Å². The van der Waals surface area contributed by atoms with Crippen LogP contribution in [0, 0.1) is 17.0 Å². The van der Waals surface area contributed by atoms with Crippen LogP contribution >= 0.6 is 0 Å². The predicted molar refractivity (Wildman–Crippen MR) is 96.2 cm³/mol. The van der Waals surface area contributed by atoms with Gasteiger partial charge in [-0.15, -0.1) is 0 Å². The minimum absolute atomic E-state index is 0.0371. The number of aromatic nitrogens is 1. The van der Waals surface area contributed by atoms with Crippen LogP contribution in [0.15, 0.2) is 59.5 Å². The second-order valence-electron chi connectivity index (χ2n) is 5.84. The van der Waals surface area contributed by atoms with Gasteiger partial charge in [0.15, 0.2) is 9.84 Å². The smallest absolute Gasteiger partial charge is 0.269 e. The van der Waals surface area contributed by atoms with Gasteiger partial charge in [-0.2, -0.15) is 0 Å². The molecular formula is C18H16N2O4S. The molecule has 0 aliphatic heterocycles. The van der Waals surface area contributed by atoms with Crippen molar-refractivity contribution in [1.29, 1.82) is 0 Å². The van der Waals surface area contributed by atoms with Crippen molar-refractivity contribution in [1.82, 2.24) is 4.98 Å². The van der Waals surface area contributed by atoms with E-state index in [1.807, 2.05) is 13.0 Å². The molecule has 1 N–H and O–H groups in total. The first-order valence-corrected chi connectivity index (χ1v) is 9.40. The lowest BCUT2D eigenvalue weighted by atomic mass is 10.0. The van der Waals surface area contributed by atoms with Crippen molar-refractivity contribution in [2.45, 2.75) is 11.8 Å². The van der Waals surface area contributed by atoms with Crippen molar-refractivity contribution in [3.63, 3.8) is 0 Å². The highest BCUT2D eigenvalue weighted by Gasteiger charge is 2.14. The predicted octanol–water partition coefficient (Wildman–Crippen LogP) is 3.97. The fourth-order valence-corrected chi connectivity index (χ4v) is 3.31. The number of sulfone groups is 1.